The van der Waals surface area contributed by atoms with E-state index in [2.05, 4.69) is 4.74 Å². The van der Waals surface area contributed by atoms with Crippen molar-refractivity contribution in [3.05, 3.63) is 59.2 Å². The number of sulfone groups is 1. The van der Waals surface area contributed by atoms with Crippen LogP contribution in [0.15, 0.2) is 47.4 Å². The summed E-state index contributed by atoms with van der Waals surface area (Å²) in [5, 5.41) is 9.90. The molecule has 2 rings (SSSR count). The Labute approximate surface area is 157 Å². The minimum Gasteiger partial charge on any atom is -0.507 e. The molecule has 0 aliphatic carbocycles. The van der Waals surface area contributed by atoms with E-state index in [1.807, 2.05) is 0 Å². The SMILES string of the molecule is COC(=O)c1ccc(CS(=O)(=O)c2cccc(C(=O)OC(C)C)c2)cc1O. The van der Waals surface area contributed by atoms with Crippen LogP contribution in [-0.2, 0) is 25.1 Å². The monoisotopic (exact) mass is 392 g/mol. The van der Waals surface area contributed by atoms with Crippen molar-refractivity contribution in [1.29, 1.82) is 0 Å². The molecule has 0 amide bonds. The molecule has 7 nitrogen and oxygen atoms in total. The highest BCUT2D eigenvalue weighted by molar-refractivity contribution is 7.90. The second kappa shape index (κ2) is 8.22. The lowest BCUT2D eigenvalue weighted by Gasteiger charge is -2.10. The van der Waals surface area contributed by atoms with Gasteiger partial charge in [0.15, 0.2) is 9.84 Å². The van der Waals surface area contributed by atoms with Crippen LogP contribution >= 0.6 is 0 Å². The summed E-state index contributed by atoms with van der Waals surface area (Å²) < 4.78 is 34.9. The fourth-order valence-corrected chi connectivity index (χ4v) is 3.73. The van der Waals surface area contributed by atoms with Gasteiger partial charge in [0.05, 0.1) is 29.4 Å². The first-order valence-corrected chi connectivity index (χ1v) is 9.73. The molecule has 0 fully saturated rings. The van der Waals surface area contributed by atoms with Crippen molar-refractivity contribution in [2.75, 3.05) is 7.11 Å². The summed E-state index contributed by atoms with van der Waals surface area (Å²) in [7, 11) is -2.61. The van der Waals surface area contributed by atoms with E-state index in [-0.39, 0.29) is 33.4 Å². The number of esters is 2. The van der Waals surface area contributed by atoms with E-state index < -0.39 is 27.5 Å². The molecule has 0 saturated heterocycles. The summed E-state index contributed by atoms with van der Waals surface area (Å²) in [6.45, 7) is 3.39. The molecule has 2 aromatic carbocycles. The van der Waals surface area contributed by atoms with Crippen molar-refractivity contribution in [2.24, 2.45) is 0 Å². The quantitative estimate of drug-likeness (QED) is 0.753. The van der Waals surface area contributed by atoms with Crippen LogP contribution in [-0.4, -0.2) is 38.7 Å². The normalized spacial score (nSPS) is 11.3. The topological polar surface area (TPSA) is 107 Å². The fraction of sp³-hybridized carbons (Fsp3) is 0.263. The third-order valence-electron chi connectivity index (χ3n) is 3.60. The van der Waals surface area contributed by atoms with Gasteiger partial charge in [0.2, 0.25) is 0 Å². The number of carbonyl (C=O) groups is 2. The minimum absolute atomic E-state index is 0.0442. The molecule has 0 aromatic heterocycles. The first-order valence-electron chi connectivity index (χ1n) is 8.08. The highest BCUT2D eigenvalue weighted by atomic mass is 32.2. The molecule has 0 atom stereocenters. The number of aromatic hydroxyl groups is 1. The maximum Gasteiger partial charge on any atom is 0.341 e. The molecule has 0 aliphatic heterocycles. The predicted octanol–water partition coefficient (Wildman–Crippen LogP) is 2.72. The van der Waals surface area contributed by atoms with Gasteiger partial charge in [-0.25, -0.2) is 18.0 Å². The van der Waals surface area contributed by atoms with Crippen LogP contribution in [0, 0.1) is 0 Å². The van der Waals surface area contributed by atoms with Crippen molar-refractivity contribution in [1.82, 2.24) is 0 Å². The summed E-state index contributed by atoms with van der Waals surface area (Å²) in [6, 6.07) is 9.47. The first-order chi connectivity index (χ1) is 12.6. The van der Waals surface area contributed by atoms with Crippen LogP contribution < -0.4 is 0 Å². The molecule has 0 aliphatic rings. The van der Waals surface area contributed by atoms with E-state index >= 15 is 0 Å². The minimum atomic E-state index is -3.79. The number of hydrogen-bond donors (Lipinski definition) is 1. The van der Waals surface area contributed by atoms with Crippen molar-refractivity contribution in [3.63, 3.8) is 0 Å². The zero-order valence-corrected chi connectivity index (χ0v) is 15.9. The van der Waals surface area contributed by atoms with Crippen molar-refractivity contribution < 1.29 is 32.6 Å². The Morgan fingerprint density at radius 2 is 1.78 bits per heavy atom. The molecule has 0 spiro atoms. The molecule has 144 valence electrons. The third-order valence-corrected chi connectivity index (χ3v) is 5.28. The highest BCUT2D eigenvalue weighted by Crippen LogP contribution is 2.24. The zero-order valence-electron chi connectivity index (χ0n) is 15.1. The van der Waals surface area contributed by atoms with Crippen LogP contribution in [0.2, 0.25) is 0 Å². The summed E-state index contributed by atoms with van der Waals surface area (Å²) >= 11 is 0. The van der Waals surface area contributed by atoms with Gasteiger partial charge in [-0.2, -0.15) is 0 Å². The van der Waals surface area contributed by atoms with Gasteiger partial charge in [0, 0.05) is 0 Å². The van der Waals surface area contributed by atoms with E-state index in [0.29, 0.717) is 0 Å². The lowest BCUT2D eigenvalue weighted by molar-refractivity contribution is 0.0377. The van der Waals surface area contributed by atoms with Gasteiger partial charge < -0.3 is 14.6 Å². The van der Waals surface area contributed by atoms with Gasteiger partial charge in [0.25, 0.3) is 0 Å². The summed E-state index contributed by atoms with van der Waals surface area (Å²) in [6.07, 6.45) is -0.325. The van der Waals surface area contributed by atoms with Crippen LogP contribution in [0.4, 0.5) is 0 Å². The Kier molecular flexibility index (Phi) is 6.22. The molecule has 0 radical (unpaired) electrons. The standard InChI is InChI=1S/C19H20O7S/c1-12(2)26-18(21)14-5-4-6-15(10-14)27(23,24)11-13-7-8-16(17(20)9-13)19(22)25-3/h4-10,12,20H,11H2,1-3H3. The predicted molar refractivity (Wildman–Crippen MR) is 97.3 cm³/mol. The van der Waals surface area contributed by atoms with E-state index in [0.717, 1.165) is 0 Å². The van der Waals surface area contributed by atoms with E-state index in [1.165, 1.54) is 49.6 Å². The van der Waals surface area contributed by atoms with Gasteiger partial charge in [-0.15, -0.1) is 0 Å². The molecule has 2 aromatic rings. The molecule has 0 heterocycles. The summed E-state index contributed by atoms with van der Waals surface area (Å²) in [5.74, 6) is -2.12. The van der Waals surface area contributed by atoms with E-state index in [9.17, 15) is 23.1 Å². The van der Waals surface area contributed by atoms with Crippen LogP contribution in [0.1, 0.15) is 40.1 Å². The number of hydrogen-bond acceptors (Lipinski definition) is 7. The van der Waals surface area contributed by atoms with Crippen molar-refractivity contribution in [3.8, 4) is 5.75 Å². The molecular weight excluding hydrogens is 372 g/mol. The second-order valence-electron chi connectivity index (χ2n) is 6.08. The smallest absolute Gasteiger partial charge is 0.341 e. The average Bonchev–Trinajstić information content (AvgIpc) is 2.60. The lowest BCUT2D eigenvalue weighted by Crippen LogP contribution is -2.13. The fourth-order valence-electron chi connectivity index (χ4n) is 2.35. The largest absolute Gasteiger partial charge is 0.507 e. The number of methoxy groups -OCH3 is 1. The van der Waals surface area contributed by atoms with E-state index in [4.69, 9.17) is 4.74 Å². The Morgan fingerprint density at radius 3 is 2.37 bits per heavy atom. The molecule has 27 heavy (non-hydrogen) atoms. The van der Waals surface area contributed by atoms with Crippen molar-refractivity contribution in [2.45, 2.75) is 30.6 Å². The van der Waals surface area contributed by atoms with Crippen LogP contribution in [0.5, 0.6) is 5.75 Å². The number of phenols is 1. The van der Waals surface area contributed by atoms with Crippen LogP contribution in [0.3, 0.4) is 0 Å². The number of phenolic OH excluding ortho intramolecular Hbond substituents is 1. The number of rotatable bonds is 6. The Morgan fingerprint density at radius 1 is 1.07 bits per heavy atom. The van der Waals surface area contributed by atoms with E-state index in [1.54, 1.807) is 13.8 Å². The van der Waals surface area contributed by atoms with Gasteiger partial charge in [-0.1, -0.05) is 12.1 Å². The second-order valence-corrected chi connectivity index (χ2v) is 8.07. The highest BCUT2D eigenvalue weighted by Gasteiger charge is 2.20. The molecule has 8 heteroatoms. The number of carbonyl (C=O) groups excluding carboxylic acids is 2. The van der Waals surface area contributed by atoms with Crippen LogP contribution in [0.25, 0.3) is 0 Å². The molecule has 0 unspecified atom stereocenters. The zero-order chi connectivity index (χ0) is 20.2. The summed E-state index contributed by atoms with van der Waals surface area (Å²) in [5.41, 5.74) is 0.362. The van der Waals surface area contributed by atoms with Gasteiger partial charge in [0.1, 0.15) is 11.3 Å². The maximum atomic E-state index is 12.7. The molecular formula is C19H20O7S. The van der Waals surface area contributed by atoms with Crippen molar-refractivity contribution >= 4 is 21.8 Å². The molecule has 0 saturated carbocycles. The Hall–Kier alpha value is -2.87. The Balaban J connectivity index is 2.28. The maximum absolute atomic E-state index is 12.7. The average molecular weight is 392 g/mol. The van der Waals surface area contributed by atoms with Gasteiger partial charge in [-0.3, -0.25) is 0 Å². The molecule has 1 N–H and O–H groups in total. The first kappa shape index (κ1) is 20.4. The molecule has 0 bridgehead atoms. The third kappa shape index (κ3) is 5.07. The lowest BCUT2D eigenvalue weighted by atomic mass is 10.1. The Bertz CT molecular complexity index is 962. The number of benzene rings is 2. The number of ether oxygens (including phenoxy) is 2. The van der Waals surface area contributed by atoms with Gasteiger partial charge >= 0.3 is 11.9 Å². The summed E-state index contributed by atoms with van der Waals surface area (Å²) in [4.78, 5) is 23.4. The van der Waals surface area contributed by atoms with Gasteiger partial charge in [-0.05, 0) is 49.7 Å².